The van der Waals surface area contributed by atoms with Gasteiger partial charge < -0.3 is 9.64 Å². The zero-order chi connectivity index (χ0) is 18.1. The summed E-state index contributed by atoms with van der Waals surface area (Å²) in [5, 5.41) is 0.889. The molecule has 2 aromatic rings. The van der Waals surface area contributed by atoms with E-state index in [9.17, 15) is 9.59 Å². The fraction of sp³-hybridized carbons (Fsp3) is 0.222. The summed E-state index contributed by atoms with van der Waals surface area (Å²) in [5.74, 6) is -0.365. The average Bonchev–Trinajstić information content (AvgIpc) is 2.80. The molecule has 7 heteroatoms. The molecule has 1 aliphatic heterocycles. The summed E-state index contributed by atoms with van der Waals surface area (Å²) < 4.78 is 6.37. The normalized spacial score (nSPS) is 13.4. The van der Waals surface area contributed by atoms with Gasteiger partial charge in [0.15, 0.2) is 0 Å². The molecule has 0 radical (unpaired) electrons. The average molecular weight is 443 g/mol. The zero-order valence-corrected chi connectivity index (χ0v) is 16.4. The molecule has 0 aliphatic carbocycles. The third kappa shape index (κ3) is 3.68. The molecule has 3 rings (SSSR count). The number of hydrogen-bond acceptors (Lipinski definition) is 3. The Balaban J connectivity index is 1.65. The first kappa shape index (κ1) is 18.2. The number of fused-ring (bicyclic) bond motifs is 1. The smallest absolute Gasteiger partial charge is 0.299 e. The van der Waals surface area contributed by atoms with Crippen LogP contribution in [-0.4, -0.2) is 24.8 Å². The van der Waals surface area contributed by atoms with Gasteiger partial charge in [-0.2, -0.15) is 0 Å². The quantitative estimate of drug-likeness (QED) is 0.480. The summed E-state index contributed by atoms with van der Waals surface area (Å²) in [6, 6.07) is 8.67. The van der Waals surface area contributed by atoms with Gasteiger partial charge in [0.25, 0.3) is 11.7 Å². The topological polar surface area (TPSA) is 46.6 Å². The van der Waals surface area contributed by atoms with Crippen LogP contribution < -0.4 is 9.64 Å². The molecular formula is C18H14BrCl2NO3. The van der Waals surface area contributed by atoms with Gasteiger partial charge in [-0.05, 0) is 59.1 Å². The molecule has 1 heterocycles. The van der Waals surface area contributed by atoms with Crippen molar-refractivity contribution in [2.75, 3.05) is 18.1 Å². The first-order valence-corrected chi connectivity index (χ1v) is 9.17. The van der Waals surface area contributed by atoms with Crippen molar-refractivity contribution in [1.29, 1.82) is 0 Å². The maximum absolute atomic E-state index is 12.3. The van der Waals surface area contributed by atoms with E-state index in [1.165, 1.54) is 4.90 Å². The van der Waals surface area contributed by atoms with Gasteiger partial charge in [-0.1, -0.05) is 23.2 Å². The summed E-state index contributed by atoms with van der Waals surface area (Å²) in [4.78, 5) is 25.9. The summed E-state index contributed by atoms with van der Waals surface area (Å²) in [5.41, 5.74) is 2.01. The molecule has 0 unspecified atom stereocenters. The molecule has 0 bridgehead atoms. The van der Waals surface area contributed by atoms with E-state index in [1.807, 2.05) is 13.0 Å². The van der Waals surface area contributed by atoms with E-state index in [1.54, 1.807) is 24.3 Å². The Labute approximate surface area is 163 Å². The number of anilines is 1. The minimum Gasteiger partial charge on any atom is -0.493 e. The zero-order valence-electron chi connectivity index (χ0n) is 13.3. The number of halogens is 3. The number of ether oxygens (including phenoxy) is 1. The van der Waals surface area contributed by atoms with E-state index >= 15 is 0 Å². The Morgan fingerprint density at radius 3 is 2.60 bits per heavy atom. The van der Waals surface area contributed by atoms with E-state index in [-0.39, 0.29) is 0 Å². The van der Waals surface area contributed by atoms with Crippen molar-refractivity contribution >= 4 is 56.5 Å². The van der Waals surface area contributed by atoms with Crippen LogP contribution in [0.15, 0.2) is 34.8 Å². The Hall–Kier alpha value is -1.56. The van der Waals surface area contributed by atoms with Crippen molar-refractivity contribution in [2.45, 2.75) is 13.3 Å². The van der Waals surface area contributed by atoms with Crippen LogP contribution in [0.4, 0.5) is 5.69 Å². The number of aryl methyl sites for hydroxylation is 1. The van der Waals surface area contributed by atoms with Gasteiger partial charge in [-0.25, -0.2) is 0 Å². The molecule has 0 saturated carbocycles. The van der Waals surface area contributed by atoms with Gasteiger partial charge in [-0.15, -0.1) is 0 Å². The Morgan fingerprint density at radius 1 is 1.12 bits per heavy atom. The van der Waals surface area contributed by atoms with E-state index < -0.39 is 11.7 Å². The molecule has 0 saturated heterocycles. The highest BCUT2D eigenvalue weighted by Gasteiger charge is 2.37. The molecule has 1 aliphatic rings. The van der Waals surface area contributed by atoms with E-state index in [2.05, 4.69) is 15.9 Å². The summed E-state index contributed by atoms with van der Waals surface area (Å²) >= 11 is 15.3. The van der Waals surface area contributed by atoms with Crippen LogP contribution in [0.3, 0.4) is 0 Å². The van der Waals surface area contributed by atoms with Gasteiger partial charge in [0, 0.05) is 17.1 Å². The Kier molecular flexibility index (Phi) is 5.37. The molecule has 2 aromatic carbocycles. The fourth-order valence-corrected chi connectivity index (χ4v) is 3.79. The molecule has 0 N–H and O–H groups in total. The highest BCUT2D eigenvalue weighted by atomic mass is 79.9. The van der Waals surface area contributed by atoms with Crippen molar-refractivity contribution < 1.29 is 14.3 Å². The second kappa shape index (κ2) is 7.36. The predicted octanol–water partition coefficient (Wildman–Crippen LogP) is 5.06. The van der Waals surface area contributed by atoms with E-state index in [4.69, 9.17) is 27.9 Å². The number of benzene rings is 2. The fourth-order valence-electron chi connectivity index (χ4n) is 2.71. The number of carbonyl (C=O) groups is 2. The molecule has 0 aromatic heterocycles. The molecule has 0 atom stereocenters. The van der Waals surface area contributed by atoms with Gasteiger partial charge >= 0.3 is 0 Å². The highest BCUT2D eigenvalue weighted by Crippen LogP contribution is 2.37. The second-order valence-corrected chi connectivity index (χ2v) is 7.38. The van der Waals surface area contributed by atoms with Crippen molar-refractivity contribution in [3.8, 4) is 5.75 Å². The summed E-state index contributed by atoms with van der Waals surface area (Å²) in [6.45, 7) is 2.66. The number of rotatable bonds is 5. The molecule has 130 valence electrons. The van der Waals surface area contributed by atoms with Crippen LogP contribution in [-0.2, 0) is 4.79 Å². The standard InChI is InChI=1S/C18H14BrCl2NO3/c1-10-7-12-16(13(19)8-10)22(18(24)17(12)23)5-2-6-25-11-3-4-14(20)15(21)9-11/h3-4,7-9H,2,5-6H2,1H3. The van der Waals surface area contributed by atoms with E-state index in [0.717, 1.165) is 10.0 Å². The van der Waals surface area contributed by atoms with Crippen LogP contribution in [0.5, 0.6) is 5.75 Å². The largest absolute Gasteiger partial charge is 0.493 e. The van der Waals surface area contributed by atoms with Crippen molar-refractivity contribution in [3.05, 3.63) is 56.0 Å². The molecule has 0 fully saturated rings. The van der Waals surface area contributed by atoms with Gasteiger partial charge in [0.2, 0.25) is 0 Å². The lowest BCUT2D eigenvalue weighted by molar-refractivity contribution is -0.114. The molecule has 25 heavy (non-hydrogen) atoms. The molecular weight excluding hydrogens is 429 g/mol. The number of carbonyl (C=O) groups excluding carboxylic acids is 2. The van der Waals surface area contributed by atoms with Crippen molar-refractivity contribution in [3.63, 3.8) is 0 Å². The highest BCUT2D eigenvalue weighted by molar-refractivity contribution is 9.10. The summed E-state index contributed by atoms with van der Waals surface area (Å²) in [7, 11) is 0. The summed E-state index contributed by atoms with van der Waals surface area (Å²) in [6.07, 6.45) is 0.568. The number of amides is 1. The first-order valence-electron chi connectivity index (χ1n) is 7.62. The number of nitrogens with zero attached hydrogens (tertiary/aromatic N) is 1. The van der Waals surface area contributed by atoms with Crippen LogP contribution in [0.25, 0.3) is 0 Å². The van der Waals surface area contributed by atoms with Crippen LogP contribution in [0.1, 0.15) is 22.3 Å². The van der Waals surface area contributed by atoms with Gasteiger partial charge in [-0.3, -0.25) is 9.59 Å². The third-order valence-electron chi connectivity index (χ3n) is 3.85. The van der Waals surface area contributed by atoms with Crippen LogP contribution in [0.2, 0.25) is 10.0 Å². The lowest BCUT2D eigenvalue weighted by Gasteiger charge is -2.18. The number of ketones is 1. The van der Waals surface area contributed by atoms with Crippen molar-refractivity contribution in [1.82, 2.24) is 0 Å². The van der Waals surface area contributed by atoms with Gasteiger partial charge in [0.05, 0.1) is 27.9 Å². The van der Waals surface area contributed by atoms with Crippen LogP contribution >= 0.6 is 39.1 Å². The minimum atomic E-state index is -0.504. The molecule has 1 amide bonds. The lowest BCUT2D eigenvalue weighted by atomic mass is 10.1. The lowest BCUT2D eigenvalue weighted by Crippen LogP contribution is -2.31. The maximum Gasteiger partial charge on any atom is 0.299 e. The molecule has 4 nitrogen and oxygen atoms in total. The van der Waals surface area contributed by atoms with E-state index in [0.29, 0.717) is 46.6 Å². The molecule has 0 spiro atoms. The number of hydrogen-bond donors (Lipinski definition) is 0. The van der Waals surface area contributed by atoms with Gasteiger partial charge in [0.1, 0.15) is 5.75 Å². The number of Topliss-reactive ketones (excluding diaryl/α,β-unsaturated/α-hetero) is 1. The Bertz CT molecular complexity index is 870. The predicted molar refractivity (Wildman–Crippen MR) is 102 cm³/mol. The third-order valence-corrected chi connectivity index (χ3v) is 5.19. The maximum atomic E-state index is 12.3. The monoisotopic (exact) mass is 441 g/mol. The van der Waals surface area contributed by atoms with Crippen LogP contribution in [0, 0.1) is 6.92 Å². The van der Waals surface area contributed by atoms with Crippen molar-refractivity contribution in [2.24, 2.45) is 0 Å². The Morgan fingerprint density at radius 2 is 1.88 bits per heavy atom. The first-order chi connectivity index (χ1) is 11.9. The SMILES string of the molecule is Cc1cc(Br)c2c(c1)C(=O)C(=O)N2CCCOc1ccc(Cl)c(Cl)c1. The second-order valence-electron chi connectivity index (χ2n) is 5.71. The minimum absolute atomic E-state index is 0.384.